The number of para-hydroxylation sites is 1. The summed E-state index contributed by atoms with van der Waals surface area (Å²) in [5, 5.41) is 8.65. The van der Waals surface area contributed by atoms with Crippen molar-refractivity contribution in [3.63, 3.8) is 0 Å². The predicted molar refractivity (Wildman–Crippen MR) is 85.7 cm³/mol. The van der Waals surface area contributed by atoms with Gasteiger partial charge in [-0.05, 0) is 37.9 Å². The summed E-state index contributed by atoms with van der Waals surface area (Å²) in [6.45, 7) is 5.61. The first-order valence-corrected chi connectivity index (χ1v) is 7.55. The Hall–Kier alpha value is -2.01. The van der Waals surface area contributed by atoms with Crippen LogP contribution in [0.25, 0.3) is 0 Å². The number of aromatic nitrogens is 3. The van der Waals surface area contributed by atoms with E-state index in [0.29, 0.717) is 12.5 Å². The largest absolute Gasteiger partial charge is 0.330 e. The van der Waals surface area contributed by atoms with E-state index < -0.39 is 0 Å². The van der Waals surface area contributed by atoms with Crippen LogP contribution < -0.4 is 10.6 Å². The normalized spacial score (nSPS) is 10.6. The molecular weight excluding hydrogens is 262 g/mol. The van der Waals surface area contributed by atoms with Gasteiger partial charge in [0.15, 0.2) is 0 Å². The van der Waals surface area contributed by atoms with Crippen molar-refractivity contribution in [1.82, 2.24) is 15.2 Å². The molecule has 0 saturated heterocycles. The minimum atomic E-state index is 0.643. The quantitative estimate of drug-likeness (QED) is 0.846. The van der Waals surface area contributed by atoms with Crippen molar-refractivity contribution >= 4 is 11.6 Å². The van der Waals surface area contributed by atoms with E-state index in [2.05, 4.69) is 41.1 Å². The maximum absolute atomic E-state index is 5.65. The molecule has 2 aromatic rings. The number of anilines is 2. The Labute approximate surface area is 126 Å². The zero-order chi connectivity index (χ0) is 15.1. The van der Waals surface area contributed by atoms with Gasteiger partial charge >= 0.3 is 0 Å². The summed E-state index contributed by atoms with van der Waals surface area (Å²) >= 11 is 0. The lowest BCUT2D eigenvalue weighted by atomic mass is 10.2. The summed E-state index contributed by atoms with van der Waals surface area (Å²) in [6, 6.07) is 10.1. The van der Waals surface area contributed by atoms with E-state index in [0.717, 1.165) is 42.9 Å². The van der Waals surface area contributed by atoms with Gasteiger partial charge < -0.3 is 10.6 Å². The Balaban J connectivity index is 2.36. The molecule has 112 valence electrons. The van der Waals surface area contributed by atoms with Crippen molar-refractivity contribution in [3.05, 3.63) is 41.7 Å². The number of nitrogens with zero attached hydrogens (tertiary/aromatic N) is 4. The molecule has 0 aliphatic heterocycles. The lowest BCUT2D eigenvalue weighted by Gasteiger charge is -2.22. The first-order valence-electron chi connectivity index (χ1n) is 7.55. The van der Waals surface area contributed by atoms with E-state index in [1.165, 1.54) is 0 Å². The van der Waals surface area contributed by atoms with Crippen molar-refractivity contribution in [2.45, 2.75) is 33.1 Å². The molecule has 5 heteroatoms. The Morgan fingerprint density at radius 1 is 1.00 bits per heavy atom. The first kappa shape index (κ1) is 15.4. The molecule has 5 nitrogen and oxygen atoms in total. The zero-order valence-electron chi connectivity index (χ0n) is 12.8. The van der Waals surface area contributed by atoms with Gasteiger partial charge in [-0.3, -0.25) is 0 Å². The fraction of sp³-hybridized carbons (Fsp3) is 0.438. The van der Waals surface area contributed by atoms with Crippen LogP contribution in [0.2, 0.25) is 0 Å². The van der Waals surface area contributed by atoms with E-state index in [1.807, 2.05) is 18.2 Å². The maximum atomic E-state index is 5.65. The summed E-state index contributed by atoms with van der Waals surface area (Å²) in [4.78, 5) is 6.78. The van der Waals surface area contributed by atoms with E-state index in [4.69, 9.17) is 10.7 Å². The zero-order valence-corrected chi connectivity index (χ0v) is 12.8. The van der Waals surface area contributed by atoms with Gasteiger partial charge in [0.1, 0.15) is 0 Å². The third kappa shape index (κ3) is 3.76. The molecule has 2 N–H and O–H groups in total. The number of aryl methyl sites for hydroxylation is 2. The van der Waals surface area contributed by atoms with Crippen molar-refractivity contribution in [3.8, 4) is 0 Å². The molecule has 0 unspecified atom stereocenters. The fourth-order valence-corrected chi connectivity index (χ4v) is 2.24. The van der Waals surface area contributed by atoms with E-state index in [1.54, 1.807) is 0 Å². The fourth-order valence-electron chi connectivity index (χ4n) is 2.24. The Bertz CT molecular complexity index is 556. The van der Waals surface area contributed by atoms with Crippen LogP contribution >= 0.6 is 0 Å². The first-order chi connectivity index (χ1) is 10.3. The monoisotopic (exact) mass is 285 g/mol. The SMILES string of the molecule is CCc1nnc(N(CCCN)c2ccccc2)nc1CC. The van der Waals surface area contributed by atoms with Gasteiger partial charge in [-0.2, -0.15) is 0 Å². The van der Waals surface area contributed by atoms with Crippen LogP contribution in [0, 0.1) is 0 Å². The van der Waals surface area contributed by atoms with Crippen LogP contribution in [-0.2, 0) is 12.8 Å². The Morgan fingerprint density at radius 2 is 1.71 bits per heavy atom. The smallest absolute Gasteiger partial charge is 0.250 e. The highest BCUT2D eigenvalue weighted by atomic mass is 15.3. The highest BCUT2D eigenvalue weighted by molar-refractivity contribution is 5.56. The summed E-state index contributed by atoms with van der Waals surface area (Å²) in [5.74, 6) is 0.656. The van der Waals surface area contributed by atoms with Crippen LogP contribution in [-0.4, -0.2) is 28.3 Å². The highest BCUT2D eigenvalue weighted by Crippen LogP contribution is 2.22. The van der Waals surface area contributed by atoms with Crippen LogP contribution in [0.5, 0.6) is 0 Å². The Morgan fingerprint density at radius 3 is 2.33 bits per heavy atom. The second-order valence-corrected chi connectivity index (χ2v) is 4.84. The van der Waals surface area contributed by atoms with Crippen LogP contribution in [0.3, 0.4) is 0 Å². The number of nitrogens with two attached hydrogens (primary N) is 1. The topological polar surface area (TPSA) is 67.9 Å². The third-order valence-corrected chi connectivity index (χ3v) is 3.39. The summed E-state index contributed by atoms with van der Waals surface area (Å²) in [5.41, 5.74) is 8.72. The van der Waals surface area contributed by atoms with Crippen molar-refractivity contribution in [2.24, 2.45) is 5.73 Å². The minimum absolute atomic E-state index is 0.643. The number of hydrogen-bond acceptors (Lipinski definition) is 5. The number of hydrogen-bond donors (Lipinski definition) is 1. The van der Waals surface area contributed by atoms with Crippen LogP contribution in [0.4, 0.5) is 11.6 Å². The molecule has 0 amide bonds. The molecular formula is C16H23N5. The molecule has 1 aromatic heterocycles. The maximum Gasteiger partial charge on any atom is 0.250 e. The molecule has 21 heavy (non-hydrogen) atoms. The highest BCUT2D eigenvalue weighted by Gasteiger charge is 2.14. The van der Waals surface area contributed by atoms with Crippen LogP contribution in [0.1, 0.15) is 31.7 Å². The minimum Gasteiger partial charge on any atom is -0.330 e. The molecule has 1 aromatic carbocycles. The number of rotatable bonds is 7. The van der Waals surface area contributed by atoms with Crippen molar-refractivity contribution in [2.75, 3.05) is 18.0 Å². The number of benzene rings is 1. The van der Waals surface area contributed by atoms with Gasteiger partial charge in [0.25, 0.3) is 0 Å². The molecule has 0 bridgehead atoms. The molecule has 0 aliphatic carbocycles. The van der Waals surface area contributed by atoms with E-state index >= 15 is 0 Å². The van der Waals surface area contributed by atoms with Crippen LogP contribution in [0.15, 0.2) is 30.3 Å². The molecule has 1 heterocycles. The third-order valence-electron chi connectivity index (χ3n) is 3.39. The van der Waals surface area contributed by atoms with E-state index in [-0.39, 0.29) is 0 Å². The van der Waals surface area contributed by atoms with Crippen molar-refractivity contribution in [1.29, 1.82) is 0 Å². The van der Waals surface area contributed by atoms with Gasteiger partial charge in [0, 0.05) is 12.2 Å². The summed E-state index contributed by atoms with van der Waals surface area (Å²) < 4.78 is 0. The van der Waals surface area contributed by atoms with Gasteiger partial charge in [-0.1, -0.05) is 32.0 Å². The second-order valence-electron chi connectivity index (χ2n) is 4.84. The molecule has 0 radical (unpaired) electrons. The van der Waals surface area contributed by atoms with Gasteiger partial charge in [-0.25, -0.2) is 4.98 Å². The summed E-state index contributed by atoms with van der Waals surface area (Å²) in [6.07, 6.45) is 2.61. The molecule has 0 atom stereocenters. The summed E-state index contributed by atoms with van der Waals surface area (Å²) in [7, 11) is 0. The predicted octanol–water partition coefficient (Wildman–Crippen LogP) is 2.48. The average Bonchev–Trinajstić information content (AvgIpc) is 2.56. The molecule has 0 fully saturated rings. The second kappa shape index (κ2) is 7.69. The molecule has 2 rings (SSSR count). The molecule has 0 saturated carbocycles. The lowest BCUT2D eigenvalue weighted by molar-refractivity contribution is 0.758. The Kier molecular flexibility index (Phi) is 5.63. The standard InChI is InChI=1S/C16H23N5/c1-3-14-15(4-2)19-20-16(18-14)21(12-8-11-17)13-9-6-5-7-10-13/h5-7,9-10H,3-4,8,11-12,17H2,1-2H3. The van der Waals surface area contributed by atoms with Gasteiger partial charge in [0.05, 0.1) is 11.4 Å². The lowest BCUT2D eigenvalue weighted by Crippen LogP contribution is -2.24. The van der Waals surface area contributed by atoms with E-state index in [9.17, 15) is 0 Å². The average molecular weight is 285 g/mol. The van der Waals surface area contributed by atoms with Gasteiger partial charge in [-0.15, -0.1) is 10.2 Å². The molecule has 0 aliphatic rings. The van der Waals surface area contributed by atoms with Crippen molar-refractivity contribution < 1.29 is 0 Å². The molecule has 0 spiro atoms. The van der Waals surface area contributed by atoms with Gasteiger partial charge in [0.2, 0.25) is 5.95 Å².